The van der Waals surface area contributed by atoms with E-state index >= 15 is 0 Å². The molecule has 0 bridgehead atoms. The number of imide groups is 1. The number of halogens is 1. The molecule has 3 atom stereocenters. The van der Waals surface area contributed by atoms with Gasteiger partial charge in [0.25, 0.3) is 5.91 Å². The second kappa shape index (κ2) is 10.2. The van der Waals surface area contributed by atoms with Gasteiger partial charge in [0.15, 0.2) is 6.61 Å². The fraction of sp³-hybridized carbons (Fsp3) is 0.308. The molecule has 0 aromatic heterocycles. The molecular weight excluding hydrogens is 456 g/mol. The zero-order valence-corrected chi connectivity index (χ0v) is 19.5. The molecule has 1 aliphatic heterocycles. The summed E-state index contributed by atoms with van der Waals surface area (Å²) in [7, 11) is 0. The van der Waals surface area contributed by atoms with E-state index in [9.17, 15) is 19.2 Å². The van der Waals surface area contributed by atoms with Crippen LogP contribution in [0.25, 0.3) is 0 Å². The molecule has 0 radical (unpaired) electrons. The molecule has 1 heterocycles. The molecule has 4 rings (SSSR count). The van der Waals surface area contributed by atoms with Crippen molar-refractivity contribution in [3.63, 3.8) is 0 Å². The monoisotopic (exact) mass is 480 g/mol. The largest absolute Gasteiger partial charge is 0.454 e. The highest BCUT2D eigenvalue weighted by Gasteiger charge is 2.51. The lowest BCUT2D eigenvalue weighted by Gasteiger charge is -2.25. The summed E-state index contributed by atoms with van der Waals surface area (Å²) in [5.74, 6) is -2.99. The Bertz CT molecular complexity index is 1120. The van der Waals surface area contributed by atoms with Crippen molar-refractivity contribution in [3.8, 4) is 0 Å². The van der Waals surface area contributed by atoms with Gasteiger partial charge in [-0.15, -0.1) is 0 Å². The number of hydrogen-bond donors (Lipinski definition) is 1. The third-order valence-corrected chi connectivity index (χ3v) is 6.69. The topological polar surface area (TPSA) is 92.8 Å². The van der Waals surface area contributed by atoms with E-state index in [1.54, 1.807) is 25.1 Å². The number of anilines is 1. The van der Waals surface area contributed by atoms with Crippen LogP contribution in [0.1, 0.15) is 24.0 Å². The highest BCUT2D eigenvalue weighted by molar-refractivity contribution is 6.31. The molecule has 0 spiro atoms. The minimum atomic E-state index is -1.14. The molecule has 2 aliphatic rings. The number of nitrogens with zero attached hydrogens (tertiary/aromatic N) is 1. The lowest BCUT2D eigenvalue weighted by atomic mass is 9.85. The summed E-state index contributed by atoms with van der Waals surface area (Å²) < 4.78 is 5.30. The average Bonchev–Trinajstić information content (AvgIpc) is 3.09. The summed E-state index contributed by atoms with van der Waals surface area (Å²) in [6.07, 6.45) is 4.84. The SMILES string of the molecule is Cc1c(Cl)cccc1NC(=O)COC(=O)[C@H](Cc1ccccc1)N1C(=O)[C@@H]2CC=CC[C@H]2C1=O. The molecule has 3 amide bonds. The van der Waals surface area contributed by atoms with E-state index in [1.165, 1.54) is 0 Å². The number of carbonyl (C=O) groups is 4. The van der Waals surface area contributed by atoms with Crippen LogP contribution in [0.5, 0.6) is 0 Å². The van der Waals surface area contributed by atoms with E-state index in [2.05, 4.69) is 5.32 Å². The fourth-order valence-corrected chi connectivity index (χ4v) is 4.59. The lowest BCUT2D eigenvalue weighted by Crippen LogP contribution is -2.48. The van der Waals surface area contributed by atoms with Gasteiger partial charge in [0.2, 0.25) is 11.8 Å². The number of amides is 3. The van der Waals surface area contributed by atoms with E-state index in [4.69, 9.17) is 16.3 Å². The van der Waals surface area contributed by atoms with E-state index < -0.39 is 36.4 Å². The van der Waals surface area contributed by atoms with Crippen molar-refractivity contribution in [2.75, 3.05) is 11.9 Å². The quantitative estimate of drug-likeness (QED) is 0.370. The summed E-state index contributed by atoms with van der Waals surface area (Å²) >= 11 is 6.08. The molecule has 8 heteroatoms. The Morgan fingerprint density at radius 2 is 1.68 bits per heavy atom. The molecule has 1 saturated heterocycles. The van der Waals surface area contributed by atoms with Crippen molar-refractivity contribution in [1.82, 2.24) is 4.90 Å². The van der Waals surface area contributed by atoms with Crippen LogP contribution in [0.3, 0.4) is 0 Å². The van der Waals surface area contributed by atoms with Crippen LogP contribution in [-0.4, -0.2) is 41.2 Å². The van der Waals surface area contributed by atoms with E-state index in [1.807, 2.05) is 42.5 Å². The average molecular weight is 481 g/mol. The highest BCUT2D eigenvalue weighted by atomic mass is 35.5. The van der Waals surface area contributed by atoms with Gasteiger partial charge < -0.3 is 10.1 Å². The van der Waals surface area contributed by atoms with Gasteiger partial charge >= 0.3 is 5.97 Å². The Morgan fingerprint density at radius 1 is 1.03 bits per heavy atom. The highest BCUT2D eigenvalue weighted by Crippen LogP contribution is 2.36. The third-order valence-electron chi connectivity index (χ3n) is 6.28. The summed E-state index contributed by atoms with van der Waals surface area (Å²) in [6, 6.07) is 13.0. The molecular formula is C26H25ClN2O5. The number of ether oxygens (including phenoxy) is 1. The number of rotatable bonds is 7. The number of fused-ring (bicyclic) bond motifs is 1. The number of carbonyl (C=O) groups excluding carboxylic acids is 4. The fourth-order valence-electron chi connectivity index (χ4n) is 4.41. The van der Waals surface area contributed by atoms with Gasteiger partial charge in [-0.3, -0.25) is 19.3 Å². The van der Waals surface area contributed by atoms with Gasteiger partial charge in [-0.2, -0.15) is 0 Å². The minimum Gasteiger partial charge on any atom is -0.454 e. The zero-order chi connectivity index (χ0) is 24.2. The molecule has 1 aliphatic carbocycles. The molecule has 176 valence electrons. The van der Waals surface area contributed by atoms with Gasteiger partial charge in [0, 0.05) is 17.1 Å². The predicted molar refractivity (Wildman–Crippen MR) is 127 cm³/mol. The molecule has 7 nitrogen and oxygen atoms in total. The Kier molecular flexibility index (Phi) is 7.12. The van der Waals surface area contributed by atoms with Gasteiger partial charge in [-0.05, 0) is 43.0 Å². The first-order valence-electron chi connectivity index (χ1n) is 11.1. The van der Waals surface area contributed by atoms with Crippen LogP contribution in [0, 0.1) is 18.8 Å². The molecule has 2 aromatic carbocycles. The minimum absolute atomic E-state index is 0.110. The maximum atomic E-state index is 13.1. The first-order valence-corrected chi connectivity index (χ1v) is 11.5. The van der Waals surface area contributed by atoms with Gasteiger partial charge in [-0.25, -0.2) is 4.79 Å². The maximum Gasteiger partial charge on any atom is 0.330 e. The summed E-state index contributed by atoms with van der Waals surface area (Å²) in [5.41, 5.74) is 1.98. The standard InChI is InChI=1S/C26H25ClN2O5/c1-16-20(27)12-7-13-21(16)28-23(30)15-34-26(33)22(14-17-8-3-2-4-9-17)29-24(31)18-10-5-6-11-19(18)25(29)32/h2-9,12-13,18-19,22H,10-11,14-15H2,1H3,(H,28,30)/t18-,19-,22+/m1/s1. The van der Waals surface area contributed by atoms with Crippen LogP contribution in [-0.2, 0) is 30.3 Å². The van der Waals surface area contributed by atoms with Crippen molar-refractivity contribution in [2.45, 2.75) is 32.2 Å². The zero-order valence-electron chi connectivity index (χ0n) is 18.7. The molecule has 0 saturated carbocycles. The summed E-state index contributed by atoms with van der Waals surface area (Å²) in [5, 5.41) is 3.17. The Labute approximate surface area is 202 Å². The number of hydrogen-bond acceptors (Lipinski definition) is 5. The van der Waals surface area contributed by atoms with E-state index in [-0.39, 0.29) is 18.2 Å². The number of allylic oxidation sites excluding steroid dienone is 2. The van der Waals surface area contributed by atoms with Crippen molar-refractivity contribution >= 4 is 41.0 Å². The van der Waals surface area contributed by atoms with Crippen LogP contribution in [0.15, 0.2) is 60.7 Å². The Morgan fingerprint density at radius 3 is 2.32 bits per heavy atom. The van der Waals surface area contributed by atoms with E-state index in [0.717, 1.165) is 10.5 Å². The van der Waals surface area contributed by atoms with Gasteiger partial charge in [0.05, 0.1) is 11.8 Å². The molecule has 2 aromatic rings. The van der Waals surface area contributed by atoms with Gasteiger partial charge in [0.1, 0.15) is 6.04 Å². The molecule has 0 unspecified atom stereocenters. The van der Waals surface area contributed by atoms with Gasteiger partial charge in [-0.1, -0.05) is 60.2 Å². The predicted octanol–water partition coefficient (Wildman–Crippen LogP) is 3.69. The molecule has 1 N–H and O–H groups in total. The van der Waals surface area contributed by atoms with Crippen molar-refractivity contribution in [2.24, 2.45) is 11.8 Å². The number of likely N-dealkylation sites (tertiary alicyclic amines) is 1. The first kappa shape index (κ1) is 23.7. The lowest BCUT2D eigenvalue weighted by molar-refractivity contribution is -0.159. The number of nitrogens with one attached hydrogen (secondary N) is 1. The molecule has 1 fully saturated rings. The molecule has 34 heavy (non-hydrogen) atoms. The summed E-state index contributed by atoms with van der Waals surface area (Å²) in [4.78, 5) is 52.8. The van der Waals surface area contributed by atoms with Crippen LogP contribution in [0.2, 0.25) is 5.02 Å². The number of benzene rings is 2. The maximum absolute atomic E-state index is 13.1. The van der Waals surface area contributed by atoms with Crippen molar-refractivity contribution in [3.05, 3.63) is 76.8 Å². The van der Waals surface area contributed by atoms with Crippen LogP contribution in [0.4, 0.5) is 5.69 Å². The Hall–Kier alpha value is -3.45. The smallest absolute Gasteiger partial charge is 0.330 e. The Balaban J connectivity index is 1.49. The first-order chi connectivity index (χ1) is 16.4. The second-order valence-electron chi connectivity index (χ2n) is 8.48. The normalized spacial score (nSPS) is 20.1. The second-order valence-corrected chi connectivity index (χ2v) is 8.88. The van der Waals surface area contributed by atoms with Crippen molar-refractivity contribution in [1.29, 1.82) is 0 Å². The third kappa shape index (κ3) is 4.89. The van der Waals surface area contributed by atoms with Crippen LogP contribution >= 0.6 is 11.6 Å². The van der Waals surface area contributed by atoms with E-state index in [0.29, 0.717) is 29.1 Å². The van der Waals surface area contributed by atoms with Crippen LogP contribution < -0.4 is 5.32 Å². The summed E-state index contributed by atoms with van der Waals surface area (Å²) in [6.45, 7) is 1.21. The number of esters is 1. The van der Waals surface area contributed by atoms with Crippen molar-refractivity contribution < 1.29 is 23.9 Å².